The Labute approximate surface area is 170 Å². The van der Waals surface area contributed by atoms with Gasteiger partial charge in [-0.15, -0.1) is 0 Å². The van der Waals surface area contributed by atoms with Gasteiger partial charge in [-0.3, -0.25) is 9.78 Å². The third-order valence-corrected chi connectivity index (χ3v) is 5.02. The molecule has 0 radical (unpaired) electrons. The molecule has 1 aliphatic heterocycles. The first-order chi connectivity index (χ1) is 13.4. The number of aromatic nitrogens is 1. The van der Waals surface area contributed by atoms with Crippen molar-refractivity contribution in [1.29, 1.82) is 5.26 Å². The van der Waals surface area contributed by atoms with Crippen molar-refractivity contribution < 1.29 is 4.79 Å². The number of halogens is 1. The van der Waals surface area contributed by atoms with E-state index in [4.69, 9.17) is 16.9 Å². The molecule has 1 saturated heterocycles. The number of piperidine rings is 1. The fraction of sp³-hybridized carbons (Fsp3) is 0.261. The topological polar surface area (TPSA) is 57.0 Å². The van der Waals surface area contributed by atoms with Gasteiger partial charge in [0.05, 0.1) is 11.6 Å². The SMILES string of the molecule is CC1(C)CN(C(=O)c2cc(C#N)ccn2)CC/C1=C\C#Cc1cccc(Cl)c1. The zero-order valence-corrected chi connectivity index (χ0v) is 16.6. The van der Waals surface area contributed by atoms with Gasteiger partial charge >= 0.3 is 0 Å². The molecule has 1 aromatic carbocycles. The Bertz CT molecular complexity index is 1040. The first kappa shape index (κ1) is 19.7. The van der Waals surface area contributed by atoms with Crippen molar-refractivity contribution >= 4 is 17.5 Å². The molecule has 2 heterocycles. The van der Waals surface area contributed by atoms with Gasteiger partial charge in [-0.2, -0.15) is 5.26 Å². The van der Waals surface area contributed by atoms with Crippen LogP contribution < -0.4 is 0 Å². The molecule has 1 fully saturated rings. The summed E-state index contributed by atoms with van der Waals surface area (Å²) in [5.41, 5.74) is 2.64. The van der Waals surface area contributed by atoms with E-state index in [-0.39, 0.29) is 11.3 Å². The number of hydrogen-bond acceptors (Lipinski definition) is 3. The lowest BCUT2D eigenvalue weighted by molar-refractivity contribution is 0.0657. The van der Waals surface area contributed by atoms with Crippen molar-refractivity contribution in [2.45, 2.75) is 20.3 Å². The summed E-state index contributed by atoms with van der Waals surface area (Å²) in [5.74, 6) is 6.09. The van der Waals surface area contributed by atoms with E-state index in [1.165, 1.54) is 17.8 Å². The summed E-state index contributed by atoms with van der Waals surface area (Å²) >= 11 is 5.99. The molecule has 3 rings (SSSR count). The lowest BCUT2D eigenvalue weighted by Gasteiger charge is -2.40. The number of amides is 1. The van der Waals surface area contributed by atoms with Crippen LogP contribution >= 0.6 is 11.6 Å². The third kappa shape index (κ3) is 4.60. The van der Waals surface area contributed by atoms with Gasteiger partial charge in [0.25, 0.3) is 5.91 Å². The van der Waals surface area contributed by atoms with Crippen molar-refractivity contribution in [3.63, 3.8) is 0 Å². The Kier molecular flexibility index (Phi) is 5.83. The van der Waals surface area contributed by atoms with Crippen molar-refractivity contribution in [3.8, 4) is 17.9 Å². The van der Waals surface area contributed by atoms with Crippen LogP contribution in [0.4, 0.5) is 0 Å². The average molecular weight is 390 g/mol. The van der Waals surface area contributed by atoms with Crippen LogP contribution in [0, 0.1) is 28.6 Å². The molecule has 0 N–H and O–H groups in total. The van der Waals surface area contributed by atoms with Gasteiger partial charge in [0.1, 0.15) is 5.69 Å². The molecule has 1 aliphatic rings. The van der Waals surface area contributed by atoms with E-state index < -0.39 is 0 Å². The molecule has 2 aromatic rings. The number of rotatable bonds is 1. The van der Waals surface area contributed by atoms with Gasteiger partial charge in [0.2, 0.25) is 0 Å². The number of likely N-dealkylation sites (tertiary alicyclic amines) is 1. The van der Waals surface area contributed by atoms with Crippen LogP contribution in [0.25, 0.3) is 0 Å². The number of benzene rings is 1. The Morgan fingerprint density at radius 2 is 2.11 bits per heavy atom. The molecular formula is C23H20ClN3O. The maximum absolute atomic E-state index is 12.8. The highest BCUT2D eigenvalue weighted by atomic mass is 35.5. The summed E-state index contributed by atoms with van der Waals surface area (Å²) in [6.07, 6.45) is 4.20. The molecule has 140 valence electrons. The molecule has 4 nitrogen and oxygen atoms in total. The lowest BCUT2D eigenvalue weighted by Crippen LogP contribution is -2.45. The molecule has 0 saturated carbocycles. The highest BCUT2D eigenvalue weighted by Gasteiger charge is 2.33. The Balaban J connectivity index is 1.74. The molecule has 5 heteroatoms. The maximum atomic E-state index is 12.8. The second kappa shape index (κ2) is 8.30. The van der Waals surface area contributed by atoms with Gasteiger partial charge in [-0.1, -0.05) is 48.9 Å². The number of carbonyl (C=O) groups excluding carboxylic acids is 1. The van der Waals surface area contributed by atoms with Gasteiger partial charge in [0.15, 0.2) is 0 Å². The van der Waals surface area contributed by atoms with E-state index in [1.54, 1.807) is 11.0 Å². The van der Waals surface area contributed by atoms with Crippen LogP contribution in [0.3, 0.4) is 0 Å². The smallest absolute Gasteiger partial charge is 0.272 e. The van der Waals surface area contributed by atoms with Crippen molar-refractivity contribution in [3.05, 3.63) is 76.1 Å². The van der Waals surface area contributed by atoms with Crippen LogP contribution in [0.2, 0.25) is 5.02 Å². The zero-order chi connectivity index (χ0) is 20.1. The quantitative estimate of drug-likeness (QED) is 0.677. The minimum Gasteiger partial charge on any atom is -0.336 e. The van der Waals surface area contributed by atoms with Gasteiger partial charge in [-0.25, -0.2) is 0 Å². The van der Waals surface area contributed by atoms with Crippen molar-refractivity contribution in [1.82, 2.24) is 9.88 Å². The summed E-state index contributed by atoms with van der Waals surface area (Å²) in [6, 6.07) is 12.6. The summed E-state index contributed by atoms with van der Waals surface area (Å²) in [6.45, 7) is 5.40. The monoisotopic (exact) mass is 389 g/mol. The standard InChI is InChI=1S/C23H20ClN3O/c1-23(2)16-27(22(28)21-14-18(15-25)9-11-26-21)12-10-19(23)7-3-5-17-6-4-8-20(24)13-17/h4,6-9,11,13-14H,10,12,16H2,1-2H3/b19-7+. The first-order valence-electron chi connectivity index (χ1n) is 9.01. The number of hydrogen-bond donors (Lipinski definition) is 0. The maximum Gasteiger partial charge on any atom is 0.272 e. The van der Waals surface area contributed by atoms with Gasteiger partial charge < -0.3 is 4.90 Å². The minimum atomic E-state index is -0.191. The average Bonchev–Trinajstić information content (AvgIpc) is 2.68. The summed E-state index contributed by atoms with van der Waals surface area (Å²) in [4.78, 5) is 18.7. The number of nitrogens with zero attached hydrogens (tertiary/aromatic N) is 3. The zero-order valence-electron chi connectivity index (χ0n) is 15.9. The molecule has 0 aliphatic carbocycles. The van der Waals surface area contributed by atoms with Crippen LogP contribution in [-0.4, -0.2) is 28.9 Å². The summed E-state index contributed by atoms with van der Waals surface area (Å²) < 4.78 is 0. The highest BCUT2D eigenvalue weighted by molar-refractivity contribution is 6.30. The predicted molar refractivity (Wildman–Crippen MR) is 110 cm³/mol. The van der Waals surface area contributed by atoms with E-state index in [1.807, 2.05) is 36.4 Å². The Morgan fingerprint density at radius 3 is 2.82 bits per heavy atom. The number of carbonyl (C=O) groups is 1. The van der Waals surface area contributed by atoms with E-state index in [0.717, 1.165) is 12.0 Å². The van der Waals surface area contributed by atoms with Crippen molar-refractivity contribution in [2.24, 2.45) is 5.41 Å². The second-order valence-electron chi connectivity index (χ2n) is 7.35. The van der Waals surface area contributed by atoms with E-state index in [9.17, 15) is 4.79 Å². The number of allylic oxidation sites excluding steroid dienone is 1. The number of nitriles is 1. The Hall–Kier alpha value is -3.08. The molecule has 0 spiro atoms. The van der Waals surface area contributed by atoms with Crippen LogP contribution in [0.5, 0.6) is 0 Å². The van der Waals surface area contributed by atoms with E-state index in [2.05, 4.69) is 30.7 Å². The Morgan fingerprint density at radius 1 is 1.29 bits per heavy atom. The molecule has 0 bridgehead atoms. The molecule has 0 unspecified atom stereocenters. The normalized spacial score (nSPS) is 16.8. The highest BCUT2D eigenvalue weighted by Crippen LogP contribution is 2.34. The second-order valence-corrected chi connectivity index (χ2v) is 7.79. The molecule has 28 heavy (non-hydrogen) atoms. The first-order valence-corrected chi connectivity index (χ1v) is 9.39. The predicted octanol–water partition coefficient (Wildman–Crippen LogP) is 4.46. The lowest BCUT2D eigenvalue weighted by atomic mass is 9.78. The van der Waals surface area contributed by atoms with E-state index >= 15 is 0 Å². The molecule has 0 atom stereocenters. The number of pyridine rings is 1. The fourth-order valence-corrected chi connectivity index (χ4v) is 3.43. The third-order valence-electron chi connectivity index (χ3n) is 4.79. The van der Waals surface area contributed by atoms with Gasteiger partial charge in [-0.05, 0) is 42.8 Å². The van der Waals surface area contributed by atoms with Crippen LogP contribution in [0.1, 0.15) is 41.9 Å². The molecule has 1 aromatic heterocycles. The van der Waals surface area contributed by atoms with Crippen LogP contribution in [-0.2, 0) is 0 Å². The summed E-state index contributed by atoms with van der Waals surface area (Å²) in [5, 5.41) is 9.69. The van der Waals surface area contributed by atoms with Crippen LogP contribution in [0.15, 0.2) is 54.2 Å². The molecule has 1 amide bonds. The van der Waals surface area contributed by atoms with E-state index in [0.29, 0.717) is 29.4 Å². The fourth-order valence-electron chi connectivity index (χ4n) is 3.24. The molecular weight excluding hydrogens is 370 g/mol. The van der Waals surface area contributed by atoms with Gasteiger partial charge in [0, 0.05) is 35.3 Å². The largest absolute Gasteiger partial charge is 0.336 e. The summed E-state index contributed by atoms with van der Waals surface area (Å²) in [7, 11) is 0. The minimum absolute atomic E-state index is 0.144. The van der Waals surface area contributed by atoms with Crippen molar-refractivity contribution in [2.75, 3.05) is 13.1 Å².